The van der Waals surface area contributed by atoms with Crippen LogP contribution in [0, 0.1) is 12.7 Å². The topological polar surface area (TPSA) is 26.0 Å². The van der Waals surface area contributed by atoms with Crippen LogP contribution in [0.4, 0.5) is 4.39 Å². The minimum absolute atomic E-state index is 0.298. The molecule has 0 bridgehead atoms. The second-order valence-corrected chi connectivity index (χ2v) is 3.31. The van der Waals surface area contributed by atoms with E-state index < -0.39 is 0 Å². The molecular formula is C10H7ClFNO. The molecule has 14 heavy (non-hydrogen) atoms. The molecule has 4 heteroatoms. The van der Waals surface area contributed by atoms with Crippen LogP contribution in [0.15, 0.2) is 28.8 Å². The SMILES string of the molecule is Cc1cnc(-c2ccc(F)cc2Cl)o1. The summed E-state index contributed by atoms with van der Waals surface area (Å²) in [5.41, 5.74) is 0.598. The summed E-state index contributed by atoms with van der Waals surface area (Å²) in [6, 6.07) is 4.10. The van der Waals surface area contributed by atoms with Gasteiger partial charge in [0.2, 0.25) is 5.89 Å². The largest absolute Gasteiger partial charge is 0.441 e. The summed E-state index contributed by atoms with van der Waals surface area (Å²) < 4.78 is 18.0. The standard InChI is InChI=1S/C10H7ClFNO/c1-6-5-13-10(14-6)8-3-2-7(12)4-9(8)11/h2-5H,1H3. The van der Waals surface area contributed by atoms with Crippen molar-refractivity contribution in [1.29, 1.82) is 0 Å². The maximum absolute atomic E-state index is 12.7. The van der Waals surface area contributed by atoms with E-state index in [1.807, 2.05) is 0 Å². The first-order valence-corrected chi connectivity index (χ1v) is 4.42. The number of nitrogens with zero attached hydrogens (tertiary/aromatic N) is 1. The summed E-state index contributed by atoms with van der Waals surface area (Å²) in [7, 11) is 0. The maximum atomic E-state index is 12.7. The quantitative estimate of drug-likeness (QED) is 0.722. The average Bonchev–Trinajstić information content (AvgIpc) is 2.51. The molecule has 1 aromatic heterocycles. The van der Waals surface area contributed by atoms with Crippen molar-refractivity contribution in [3.8, 4) is 11.5 Å². The monoisotopic (exact) mass is 211 g/mol. The van der Waals surface area contributed by atoms with Crippen molar-refractivity contribution in [3.63, 3.8) is 0 Å². The van der Waals surface area contributed by atoms with Crippen molar-refractivity contribution < 1.29 is 8.81 Å². The molecule has 72 valence electrons. The molecule has 0 aliphatic heterocycles. The molecule has 0 aliphatic rings. The Morgan fingerprint density at radius 1 is 1.43 bits per heavy atom. The van der Waals surface area contributed by atoms with Gasteiger partial charge in [0.15, 0.2) is 0 Å². The van der Waals surface area contributed by atoms with Crippen molar-refractivity contribution in [2.45, 2.75) is 6.92 Å². The summed E-state index contributed by atoms with van der Waals surface area (Å²) in [5.74, 6) is 0.731. The van der Waals surface area contributed by atoms with Crippen LogP contribution in [0.5, 0.6) is 0 Å². The summed E-state index contributed by atoms with van der Waals surface area (Å²) in [4.78, 5) is 4.00. The zero-order valence-electron chi connectivity index (χ0n) is 7.42. The Hall–Kier alpha value is -1.35. The Balaban J connectivity index is 2.52. The Labute approximate surface area is 85.3 Å². The number of halogens is 2. The summed E-state index contributed by atoms with van der Waals surface area (Å²) in [5, 5.41) is 0.298. The lowest BCUT2D eigenvalue weighted by Crippen LogP contribution is -1.80. The van der Waals surface area contributed by atoms with Gasteiger partial charge in [-0.2, -0.15) is 0 Å². The number of rotatable bonds is 1. The number of hydrogen-bond donors (Lipinski definition) is 0. The van der Waals surface area contributed by atoms with Gasteiger partial charge in [-0.25, -0.2) is 9.37 Å². The third kappa shape index (κ3) is 1.63. The number of benzene rings is 1. The van der Waals surface area contributed by atoms with Gasteiger partial charge in [0.1, 0.15) is 11.6 Å². The van der Waals surface area contributed by atoms with Crippen LogP contribution in [0.2, 0.25) is 5.02 Å². The van der Waals surface area contributed by atoms with Crippen LogP contribution in [0.1, 0.15) is 5.76 Å². The highest BCUT2D eigenvalue weighted by Crippen LogP contribution is 2.27. The normalized spacial score (nSPS) is 10.5. The first kappa shape index (κ1) is 9.21. The number of aromatic nitrogens is 1. The van der Waals surface area contributed by atoms with Gasteiger partial charge in [0, 0.05) is 0 Å². The van der Waals surface area contributed by atoms with Gasteiger partial charge in [0.25, 0.3) is 0 Å². The molecule has 1 aromatic carbocycles. The first-order valence-electron chi connectivity index (χ1n) is 4.04. The Bertz CT molecular complexity index is 467. The molecule has 0 fully saturated rings. The average molecular weight is 212 g/mol. The second kappa shape index (κ2) is 3.42. The molecule has 2 rings (SSSR count). The summed E-state index contributed by atoms with van der Waals surface area (Å²) >= 11 is 5.83. The third-order valence-electron chi connectivity index (χ3n) is 1.78. The van der Waals surface area contributed by atoms with E-state index in [1.165, 1.54) is 12.1 Å². The van der Waals surface area contributed by atoms with Crippen LogP contribution in [-0.2, 0) is 0 Å². The van der Waals surface area contributed by atoms with Gasteiger partial charge < -0.3 is 4.42 Å². The van der Waals surface area contributed by atoms with E-state index in [2.05, 4.69) is 4.98 Å². The lowest BCUT2D eigenvalue weighted by molar-refractivity contribution is 0.542. The number of aryl methyl sites for hydroxylation is 1. The summed E-state index contributed by atoms with van der Waals surface area (Å²) in [6.07, 6.45) is 1.59. The zero-order chi connectivity index (χ0) is 10.1. The van der Waals surface area contributed by atoms with E-state index in [1.54, 1.807) is 19.2 Å². The van der Waals surface area contributed by atoms with E-state index in [4.69, 9.17) is 16.0 Å². The van der Waals surface area contributed by atoms with Gasteiger partial charge in [-0.1, -0.05) is 11.6 Å². The van der Waals surface area contributed by atoms with E-state index in [0.717, 1.165) is 0 Å². The fraction of sp³-hybridized carbons (Fsp3) is 0.100. The molecule has 0 radical (unpaired) electrons. The van der Waals surface area contributed by atoms with Crippen molar-refractivity contribution in [3.05, 3.63) is 41.0 Å². The first-order chi connectivity index (χ1) is 6.66. The predicted molar refractivity (Wildman–Crippen MR) is 51.6 cm³/mol. The molecule has 0 saturated heterocycles. The van der Waals surface area contributed by atoms with E-state index in [9.17, 15) is 4.39 Å². The van der Waals surface area contributed by atoms with Crippen molar-refractivity contribution in [2.75, 3.05) is 0 Å². The van der Waals surface area contributed by atoms with Gasteiger partial charge >= 0.3 is 0 Å². The molecule has 1 heterocycles. The van der Waals surface area contributed by atoms with Crippen molar-refractivity contribution >= 4 is 11.6 Å². The smallest absolute Gasteiger partial charge is 0.227 e. The summed E-state index contributed by atoms with van der Waals surface area (Å²) in [6.45, 7) is 1.79. The molecule has 0 spiro atoms. The Morgan fingerprint density at radius 2 is 2.21 bits per heavy atom. The molecule has 0 atom stereocenters. The van der Waals surface area contributed by atoms with Gasteiger partial charge in [-0.15, -0.1) is 0 Å². The minimum Gasteiger partial charge on any atom is -0.441 e. The lowest BCUT2D eigenvalue weighted by Gasteiger charge is -1.98. The van der Waals surface area contributed by atoms with Crippen molar-refractivity contribution in [1.82, 2.24) is 4.98 Å². The van der Waals surface area contributed by atoms with Crippen LogP contribution < -0.4 is 0 Å². The van der Waals surface area contributed by atoms with Crippen molar-refractivity contribution in [2.24, 2.45) is 0 Å². The molecule has 2 aromatic rings. The number of hydrogen-bond acceptors (Lipinski definition) is 2. The molecule has 2 nitrogen and oxygen atoms in total. The molecule has 0 N–H and O–H groups in total. The Morgan fingerprint density at radius 3 is 2.79 bits per heavy atom. The van der Waals surface area contributed by atoms with Crippen LogP contribution >= 0.6 is 11.6 Å². The van der Waals surface area contributed by atoms with Crippen LogP contribution in [0.3, 0.4) is 0 Å². The number of oxazole rings is 1. The van der Waals surface area contributed by atoms with E-state index >= 15 is 0 Å². The van der Waals surface area contributed by atoms with Gasteiger partial charge in [0.05, 0.1) is 16.8 Å². The minimum atomic E-state index is -0.373. The Kier molecular flexibility index (Phi) is 2.25. The predicted octanol–water partition coefficient (Wildman–Crippen LogP) is 3.44. The molecular weight excluding hydrogens is 205 g/mol. The lowest BCUT2D eigenvalue weighted by atomic mass is 10.2. The van der Waals surface area contributed by atoms with Crippen LogP contribution in [0.25, 0.3) is 11.5 Å². The van der Waals surface area contributed by atoms with E-state index in [-0.39, 0.29) is 5.82 Å². The fourth-order valence-electron chi connectivity index (χ4n) is 1.14. The molecule has 0 saturated carbocycles. The highest BCUT2D eigenvalue weighted by molar-refractivity contribution is 6.33. The van der Waals surface area contributed by atoms with Gasteiger partial charge in [-0.3, -0.25) is 0 Å². The third-order valence-corrected chi connectivity index (χ3v) is 2.10. The highest BCUT2D eigenvalue weighted by atomic mass is 35.5. The fourth-order valence-corrected chi connectivity index (χ4v) is 1.39. The highest BCUT2D eigenvalue weighted by Gasteiger charge is 2.09. The molecule has 0 unspecified atom stereocenters. The molecule has 0 aliphatic carbocycles. The van der Waals surface area contributed by atoms with Gasteiger partial charge in [-0.05, 0) is 25.1 Å². The second-order valence-electron chi connectivity index (χ2n) is 2.90. The van der Waals surface area contributed by atoms with Crippen LogP contribution in [-0.4, -0.2) is 4.98 Å². The molecule has 0 amide bonds. The zero-order valence-corrected chi connectivity index (χ0v) is 8.18. The maximum Gasteiger partial charge on any atom is 0.227 e. The van der Waals surface area contributed by atoms with E-state index in [0.29, 0.717) is 22.2 Å².